The lowest BCUT2D eigenvalue weighted by Gasteiger charge is -2.30. The fourth-order valence-corrected chi connectivity index (χ4v) is 5.20. The summed E-state index contributed by atoms with van der Waals surface area (Å²) in [6.45, 7) is 6.15. The highest BCUT2D eigenvalue weighted by Gasteiger charge is 2.33. The molecule has 1 heterocycles. The van der Waals surface area contributed by atoms with E-state index < -0.39 is 34.4 Å². The molecule has 1 N–H and O–H groups in total. The monoisotopic (exact) mass is 474 g/mol. The number of carbonyl (C=O) groups excluding carboxylic acids is 2. The fourth-order valence-electron chi connectivity index (χ4n) is 3.65. The van der Waals surface area contributed by atoms with Gasteiger partial charge in [0.1, 0.15) is 5.75 Å². The minimum Gasteiger partial charge on any atom is -0.492 e. The smallest absolute Gasteiger partial charge is 0.309 e. The minimum atomic E-state index is -3.61. The van der Waals surface area contributed by atoms with Crippen LogP contribution >= 0.6 is 0 Å². The summed E-state index contributed by atoms with van der Waals surface area (Å²) in [6.07, 6.45) is 0.690. The second kappa shape index (κ2) is 10.8. The molecule has 0 radical (unpaired) electrons. The van der Waals surface area contributed by atoms with Crippen molar-refractivity contribution in [2.45, 2.75) is 38.5 Å². The second-order valence-corrected chi connectivity index (χ2v) is 9.95. The van der Waals surface area contributed by atoms with Gasteiger partial charge in [0.2, 0.25) is 10.0 Å². The Labute approximate surface area is 194 Å². The third-order valence-electron chi connectivity index (χ3n) is 5.71. The molecular formula is C24H30N2O6S. The molecule has 1 aliphatic heterocycles. The molecule has 0 bridgehead atoms. The van der Waals surface area contributed by atoms with E-state index in [1.165, 1.54) is 4.31 Å². The van der Waals surface area contributed by atoms with Crippen LogP contribution in [0.1, 0.15) is 30.9 Å². The molecular weight excluding hydrogens is 444 g/mol. The molecule has 178 valence electrons. The summed E-state index contributed by atoms with van der Waals surface area (Å²) >= 11 is 0. The summed E-state index contributed by atoms with van der Waals surface area (Å²) < 4.78 is 37.9. The Morgan fingerprint density at radius 1 is 1.06 bits per heavy atom. The molecule has 1 fully saturated rings. The van der Waals surface area contributed by atoms with E-state index in [0.29, 0.717) is 30.9 Å². The summed E-state index contributed by atoms with van der Waals surface area (Å²) in [7, 11) is -3.61. The number of para-hydroxylation sites is 2. The van der Waals surface area contributed by atoms with Crippen LogP contribution < -0.4 is 10.1 Å². The van der Waals surface area contributed by atoms with Crippen molar-refractivity contribution in [1.29, 1.82) is 0 Å². The number of ether oxygens (including phenoxy) is 2. The van der Waals surface area contributed by atoms with Crippen LogP contribution in [0.5, 0.6) is 5.75 Å². The van der Waals surface area contributed by atoms with Gasteiger partial charge in [-0.1, -0.05) is 18.2 Å². The zero-order valence-electron chi connectivity index (χ0n) is 19.2. The SMILES string of the molecule is CCOc1ccccc1NC(=O)COC(=O)C1CCN(S(=O)(=O)c2ccc(C)c(C)c2)CC1. The van der Waals surface area contributed by atoms with Crippen LogP contribution in [-0.4, -0.2) is 50.9 Å². The normalized spacial score (nSPS) is 15.1. The first-order valence-corrected chi connectivity index (χ1v) is 12.4. The Morgan fingerprint density at radius 2 is 1.76 bits per heavy atom. The lowest BCUT2D eigenvalue weighted by Crippen LogP contribution is -2.41. The van der Waals surface area contributed by atoms with Crippen LogP contribution in [0.15, 0.2) is 47.4 Å². The van der Waals surface area contributed by atoms with E-state index in [1.807, 2.05) is 20.8 Å². The lowest BCUT2D eigenvalue weighted by atomic mass is 9.98. The molecule has 1 amide bonds. The number of esters is 1. The van der Waals surface area contributed by atoms with Gasteiger partial charge in [-0.05, 0) is 69.0 Å². The predicted octanol–water partition coefficient (Wildman–Crippen LogP) is 3.28. The van der Waals surface area contributed by atoms with Gasteiger partial charge in [0.25, 0.3) is 5.91 Å². The number of piperidine rings is 1. The molecule has 0 aliphatic carbocycles. The number of sulfonamides is 1. The largest absolute Gasteiger partial charge is 0.492 e. The van der Waals surface area contributed by atoms with Crippen molar-refractivity contribution in [1.82, 2.24) is 4.31 Å². The number of benzene rings is 2. The number of nitrogens with zero attached hydrogens (tertiary/aromatic N) is 1. The highest BCUT2D eigenvalue weighted by atomic mass is 32.2. The molecule has 0 spiro atoms. The van der Waals surface area contributed by atoms with Gasteiger partial charge in [0.15, 0.2) is 6.61 Å². The van der Waals surface area contributed by atoms with Crippen LogP contribution in [0.25, 0.3) is 0 Å². The standard InChI is InChI=1S/C24H30N2O6S/c1-4-31-22-8-6-5-7-21(22)25-23(27)16-32-24(28)19-11-13-26(14-12-19)33(29,30)20-10-9-17(2)18(3)15-20/h5-10,15,19H,4,11-14,16H2,1-3H3,(H,25,27). The zero-order chi connectivity index (χ0) is 24.0. The average Bonchev–Trinajstić information content (AvgIpc) is 2.80. The summed E-state index contributed by atoms with van der Waals surface area (Å²) in [4.78, 5) is 24.9. The highest BCUT2D eigenvalue weighted by molar-refractivity contribution is 7.89. The molecule has 9 heteroatoms. The molecule has 1 aliphatic rings. The van der Waals surface area contributed by atoms with Gasteiger partial charge in [0, 0.05) is 13.1 Å². The topological polar surface area (TPSA) is 102 Å². The maximum atomic E-state index is 12.9. The Morgan fingerprint density at radius 3 is 2.42 bits per heavy atom. The summed E-state index contributed by atoms with van der Waals surface area (Å²) in [5, 5.41) is 2.68. The number of rotatable bonds is 8. The molecule has 0 atom stereocenters. The summed E-state index contributed by atoms with van der Waals surface area (Å²) in [5.41, 5.74) is 2.45. The van der Waals surface area contributed by atoms with Crippen molar-refractivity contribution in [3.63, 3.8) is 0 Å². The van der Waals surface area contributed by atoms with Gasteiger partial charge in [-0.3, -0.25) is 9.59 Å². The van der Waals surface area contributed by atoms with Crippen molar-refractivity contribution < 1.29 is 27.5 Å². The minimum absolute atomic E-state index is 0.225. The molecule has 8 nitrogen and oxygen atoms in total. The van der Waals surface area contributed by atoms with E-state index >= 15 is 0 Å². The van der Waals surface area contributed by atoms with Crippen molar-refractivity contribution in [3.05, 3.63) is 53.6 Å². The Bertz CT molecular complexity index is 1110. The van der Waals surface area contributed by atoms with Gasteiger partial charge >= 0.3 is 5.97 Å². The van der Waals surface area contributed by atoms with E-state index in [0.717, 1.165) is 11.1 Å². The molecule has 33 heavy (non-hydrogen) atoms. The van der Waals surface area contributed by atoms with Gasteiger partial charge in [-0.2, -0.15) is 4.31 Å². The van der Waals surface area contributed by atoms with Crippen LogP contribution in [0.2, 0.25) is 0 Å². The molecule has 0 unspecified atom stereocenters. The molecule has 0 aromatic heterocycles. The molecule has 0 saturated carbocycles. The molecule has 2 aromatic carbocycles. The first kappa shape index (κ1) is 24.7. The van der Waals surface area contributed by atoms with E-state index in [9.17, 15) is 18.0 Å². The van der Waals surface area contributed by atoms with Crippen molar-refractivity contribution >= 4 is 27.6 Å². The Kier molecular flexibility index (Phi) is 8.10. The Hall–Kier alpha value is -2.91. The number of hydrogen-bond donors (Lipinski definition) is 1. The predicted molar refractivity (Wildman–Crippen MR) is 125 cm³/mol. The van der Waals surface area contributed by atoms with E-state index in [4.69, 9.17) is 9.47 Å². The van der Waals surface area contributed by atoms with Gasteiger partial charge in [-0.15, -0.1) is 0 Å². The third kappa shape index (κ3) is 6.11. The van der Waals surface area contributed by atoms with Crippen LogP contribution in [0.3, 0.4) is 0 Å². The first-order chi connectivity index (χ1) is 15.7. The summed E-state index contributed by atoms with van der Waals surface area (Å²) in [5.74, 6) is -0.867. The molecule has 2 aromatic rings. The van der Waals surface area contributed by atoms with Crippen LogP contribution in [0.4, 0.5) is 5.69 Å². The number of carbonyl (C=O) groups is 2. The number of amides is 1. The maximum Gasteiger partial charge on any atom is 0.309 e. The zero-order valence-corrected chi connectivity index (χ0v) is 20.0. The average molecular weight is 475 g/mol. The quantitative estimate of drug-likeness (QED) is 0.589. The van der Waals surface area contributed by atoms with Crippen molar-refractivity contribution in [3.8, 4) is 5.75 Å². The van der Waals surface area contributed by atoms with Gasteiger partial charge < -0.3 is 14.8 Å². The third-order valence-corrected chi connectivity index (χ3v) is 7.60. The van der Waals surface area contributed by atoms with Crippen molar-refractivity contribution in [2.75, 3.05) is 31.6 Å². The highest BCUT2D eigenvalue weighted by Crippen LogP contribution is 2.26. The van der Waals surface area contributed by atoms with E-state index in [2.05, 4.69) is 5.32 Å². The number of anilines is 1. The number of nitrogens with one attached hydrogen (secondary N) is 1. The van der Waals surface area contributed by atoms with Crippen molar-refractivity contribution in [2.24, 2.45) is 5.92 Å². The van der Waals surface area contributed by atoms with Gasteiger partial charge in [-0.25, -0.2) is 8.42 Å². The van der Waals surface area contributed by atoms with Crippen LogP contribution in [0, 0.1) is 19.8 Å². The van der Waals surface area contributed by atoms with Gasteiger partial charge in [0.05, 0.1) is 23.1 Å². The second-order valence-electron chi connectivity index (χ2n) is 8.01. The fraction of sp³-hybridized carbons (Fsp3) is 0.417. The first-order valence-electron chi connectivity index (χ1n) is 11.0. The summed E-state index contributed by atoms with van der Waals surface area (Å²) in [6, 6.07) is 12.1. The van der Waals surface area contributed by atoms with E-state index in [-0.39, 0.29) is 18.0 Å². The lowest BCUT2D eigenvalue weighted by molar-refractivity contribution is -0.152. The molecule has 1 saturated heterocycles. The van der Waals surface area contributed by atoms with Crippen LogP contribution in [-0.2, 0) is 24.3 Å². The number of hydrogen-bond acceptors (Lipinski definition) is 6. The number of aryl methyl sites for hydroxylation is 2. The van der Waals surface area contributed by atoms with E-state index in [1.54, 1.807) is 42.5 Å². The maximum absolute atomic E-state index is 12.9. The molecule has 3 rings (SSSR count). The Balaban J connectivity index is 1.50.